The van der Waals surface area contributed by atoms with Crippen molar-refractivity contribution < 1.29 is 18.0 Å². The molecule has 4 rings (SSSR count). The minimum absolute atomic E-state index is 0.0539. The van der Waals surface area contributed by atoms with Crippen LogP contribution in [-0.2, 0) is 16.7 Å². The van der Waals surface area contributed by atoms with E-state index in [1.807, 2.05) is 4.90 Å². The molecule has 1 aromatic carbocycles. The first-order chi connectivity index (χ1) is 15.8. The number of carbonyl (C=O) groups excluding carboxylic acids is 1. The van der Waals surface area contributed by atoms with Crippen LogP contribution in [0.1, 0.15) is 35.6 Å². The van der Waals surface area contributed by atoms with Crippen LogP contribution in [0.3, 0.4) is 0 Å². The molecule has 2 aliphatic rings. The van der Waals surface area contributed by atoms with Gasteiger partial charge in [0.2, 0.25) is 5.91 Å². The van der Waals surface area contributed by atoms with Gasteiger partial charge in [-0.25, -0.2) is 4.68 Å². The highest BCUT2D eigenvalue weighted by atomic mass is 32.2. The molecule has 2 aromatic rings. The van der Waals surface area contributed by atoms with E-state index in [1.165, 1.54) is 17.2 Å². The maximum Gasteiger partial charge on any atom is 0.453 e. The number of nitrogens with one attached hydrogen (secondary N) is 2. The summed E-state index contributed by atoms with van der Waals surface area (Å²) in [6.45, 7) is 3.91. The molecule has 33 heavy (non-hydrogen) atoms. The van der Waals surface area contributed by atoms with Crippen molar-refractivity contribution in [3.8, 4) is 0 Å². The average molecular weight is 481 g/mol. The lowest BCUT2D eigenvalue weighted by Gasteiger charge is -2.37. The van der Waals surface area contributed by atoms with Gasteiger partial charge in [-0.3, -0.25) is 9.69 Å². The molecule has 0 saturated carbocycles. The third-order valence-corrected chi connectivity index (χ3v) is 6.89. The predicted molar refractivity (Wildman–Crippen MR) is 122 cm³/mol. The number of hydrogen-bond acceptors (Lipinski definition) is 6. The number of carbonyl (C=O) groups is 1. The molecule has 7 nitrogen and oxygen atoms in total. The van der Waals surface area contributed by atoms with Crippen LogP contribution in [0.5, 0.6) is 0 Å². The highest BCUT2D eigenvalue weighted by Crippen LogP contribution is 2.29. The monoisotopic (exact) mass is 480 g/mol. The van der Waals surface area contributed by atoms with E-state index in [-0.39, 0.29) is 17.6 Å². The number of aromatic nitrogens is 3. The van der Waals surface area contributed by atoms with Crippen molar-refractivity contribution in [2.75, 3.05) is 30.8 Å². The van der Waals surface area contributed by atoms with Gasteiger partial charge in [-0.2, -0.15) is 24.9 Å². The molecule has 1 aromatic heterocycles. The smallest absolute Gasteiger partial charge is 0.355 e. The van der Waals surface area contributed by atoms with Crippen molar-refractivity contribution in [3.05, 3.63) is 53.1 Å². The fourth-order valence-electron chi connectivity index (χ4n) is 3.98. The number of amides is 1. The van der Waals surface area contributed by atoms with Gasteiger partial charge in [0.05, 0.1) is 0 Å². The van der Waals surface area contributed by atoms with E-state index in [4.69, 9.17) is 0 Å². The Morgan fingerprint density at radius 2 is 1.94 bits per heavy atom. The first kappa shape index (κ1) is 23.6. The summed E-state index contributed by atoms with van der Waals surface area (Å²) in [7, 11) is 0. The Morgan fingerprint density at radius 3 is 2.64 bits per heavy atom. The van der Waals surface area contributed by atoms with Crippen LogP contribution < -0.4 is 10.7 Å². The molecule has 3 heterocycles. The molecule has 2 N–H and O–H groups in total. The molecule has 1 amide bonds. The summed E-state index contributed by atoms with van der Waals surface area (Å²) < 4.78 is 40.3. The van der Waals surface area contributed by atoms with E-state index >= 15 is 0 Å². The number of aryl methyl sites for hydroxylation is 1. The zero-order valence-electron chi connectivity index (χ0n) is 18.3. The summed E-state index contributed by atoms with van der Waals surface area (Å²) in [5, 5.41) is 9.84. The van der Waals surface area contributed by atoms with Crippen LogP contribution >= 0.6 is 11.8 Å². The van der Waals surface area contributed by atoms with E-state index in [1.54, 1.807) is 17.8 Å². The molecule has 0 spiro atoms. The van der Waals surface area contributed by atoms with Crippen LogP contribution in [0.2, 0.25) is 0 Å². The first-order valence-corrected chi connectivity index (χ1v) is 12.1. The van der Waals surface area contributed by atoms with Crippen LogP contribution in [0.15, 0.2) is 30.3 Å². The Hall–Kier alpha value is -2.53. The van der Waals surface area contributed by atoms with Gasteiger partial charge < -0.3 is 10.7 Å². The second kappa shape index (κ2) is 10.2. The van der Waals surface area contributed by atoms with Crippen molar-refractivity contribution >= 4 is 23.7 Å². The second-order valence-electron chi connectivity index (χ2n) is 8.29. The number of rotatable bonds is 7. The molecule has 0 aliphatic carbocycles. The Balaban J connectivity index is 1.18. The van der Waals surface area contributed by atoms with Gasteiger partial charge in [0, 0.05) is 37.1 Å². The number of fused-ring (bicyclic) bond motifs is 1. The first-order valence-electron chi connectivity index (χ1n) is 10.9. The van der Waals surface area contributed by atoms with Gasteiger partial charge >= 0.3 is 6.18 Å². The van der Waals surface area contributed by atoms with E-state index in [0.29, 0.717) is 32.5 Å². The Morgan fingerprint density at radius 1 is 1.21 bits per heavy atom. The predicted octanol–water partition coefficient (Wildman–Crippen LogP) is 3.26. The summed E-state index contributed by atoms with van der Waals surface area (Å²) in [6.07, 6.45) is -0.355. The van der Waals surface area contributed by atoms with Crippen molar-refractivity contribution in [2.24, 2.45) is 5.92 Å². The summed E-state index contributed by atoms with van der Waals surface area (Å²) in [4.78, 5) is 14.6. The van der Waals surface area contributed by atoms with Crippen molar-refractivity contribution in [3.63, 3.8) is 0 Å². The summed E-state index contributed by atoms with van der Waals surface area (Å²) >= 11 is 1.79. The third kappa shape index (κ3) is 5.89. The number of likely N-dealkylation sites (tertiary alicyclic amines) is 1. The molecule has 1 unspecified atom stereocenters. The minimum Gasteiger partial charge on any atom is -0.355 e. The number of halogens is 3. The molecule has 1 saturated heterocycles. The lowest BCUT2D eigenvalue weighted by Crippen LogP contribution is -2.50. The van der Waals surface area contributed by atoms with Crippen molar-refractivity contribution in [2.45, 2.75) is 37.9 Å². The Kier molecular flexibility index (Phi) is 7.28. The second-order valence-corrected chi connectivity index (χ2v) is 9.39. The summed E-state index contributed by atoms with van der Waals surface area (Å²) in [5.41, 5.74) is 5.35. The van der Waals surface area contributed by atoms with E-state index < -0.39 is 18.2 Å². The van der Waals surface area contributed by atoms with Gasteiger partial charge in [0.25, 0.3) is 5.82 Å². The SMILES string of the molecule is Cc1ccc(CSCCNC(=O)C2CCN(C3C=Cc4nnc(C(F)(F)F)n4N3)CC2)cc1. The largest absolute Gasteiger partial charge is 0.453 e. The average Bonchev–Trinajstić information content (AvgIpc) is 3.24. The molecule has 0 bridgehead atoms. The Bertz CT molecular complexity index is 983. The van der Waals surface area contributed by atoms with E-state index in [2.05, 4.69) is 52.1 Å². The molecule has 178 valence electrons. The number of hydrogen-bond donors (Lipinski definition) is 2. The quantitative estimate of drug-likeness (QED) is 0.593. The van der Waals surface area contributed by atoms with Crippen LogP contribution in [-0.4, -0.2) is 57.2 Å². The molecule has 0 radical (unpaired) electrons. The summed E-state index contributed by atoms with van der Waals surface area (Å²) in [5.74, 6) is 0.790. The highest BCUT2D eigenvalue weighted by Gasteiger charge is 2.40. The highest BCUT2D eigenvalue weighted by molar-refractivity contribution is 7.98. The zero-order chi connectivity index (χ0) is 23.4. The van der Waals surface area contributed by atoms with Crippen LogP contribution in [0.4, 0.5) is 13.2 Å². The number of alkyl halides is 3. The van der Waals surface area contributed by atoms with E-state index in [9.17, 15) is 18.0 Å². The third-order valence-electron chi connectivity index (χ3n) is 5.86. The fourth-order valence-corrected chi connectivity index (χ4v) is 4.79. The van der Waals surface area contributed by atoms with Gasteiger partial charge in [0.15, 0.2) is 5.82 Å². The zero-order valence-corrected chi connectivity index (χ0v) is 19.1. The lowest BCUT2D eigenvalue weighted by atomic mass is 9.95. The van der Waals surface area contributed by atoms with E-state index in [0.717, 1.165) is 16.2 Å². The van der Waals surface area contributed by atoms with Gasteiger partial charge in [0.1, 0.15) is 6.17 Å². The topological polar surface area (TPSA) is 75.1 Å². The van der Waals surface area contributed by atoms with Crippen molar-refractivity contribution in [1.29, 1.82) is 0 Å². The molecule has 11 heteroatoms. The summed E-state index contributed by atoms with van der Waals surface area (Å²) in [6, 6.07) is 8.45. The van der Waals surface area contributed by atoms with Crippen molar-refractivity contribution in [1.82, 2.24) is 25.1 Å². The van der Waals surface area contributed by atoms with Gasteiger partial charge in [-0.05, 0) is 37.5 Å². The molecule has 1 fully saturated rings. The maximum absolute atomic E-state index is 13.1. The molecular formula is C22H27F3N6OS. The standard InChI is InChI=1S/C22H27F3N6OS/c1-15-2-4-16(5-3-15)14-33-13-10-26-20(32)17-8-11-30(12-9-17)19-7-6-18-27-28-21(22(23,24)25)31(18)29-19/h2-7,17,19,29H,8-14H2,1H3,(H,26,32). The normalized spacial score (nSPS) is 19.2. The van der Waals surface area contributed by atoms with Crippen LogP contribution in [0.25, 0.3) is 6.08 Å². The van der Waals surface area contributed by atoms with Crippen LogP contribution in [0, 0.1) is 12.8 Å². The fraction of sp³-hybridized carbons (Fsp3) is 0.500. The van der Waals surface area contributed by atoms with Gasteiger partial charge in [-0.15, -0.1) is 10.2 Å². The molecule has 2 aliphatic heterocycles. The number of piperidine rings is 1. The number of thioether (sulfide) groups is 1. The minimum atomic E-state index is -4.59. The molecular weight excluding hydrogens is 453 g/mol. The Labute approximate surface area is 194 Å². The van der Waals surface area contributed by atoms with Gasteiger partial charge in [-0.1, -0.05) is 29.8 Å². The number of nitrogens with zero attached hydrogens (tertiary/aromatic N) is 4. The number of benzene rings is 1. The lowest BCUT2D eigenvalue weighted by molar-refractivity contribution is -0.147. The molecule has 1 atom stereocenters. The maximum atomic E-state index is 13.1.